The van der Waals surface area contributed by atoms with Crippen LogP contribution in [0.25, 0.3) is 0 Å². The van der Waals surface area contributed by atoms with Crippen molar-refractivity contribution >= 4 is 29.1 Å². The second-order valence-corrected chi connectivity index (χ2v) is 4.43. The van der Waals surface area contributed by atoms with Gasteiger partial charge in [-0.25, -0.2) is 0 Å². The molecule has 0 aliphatic carbocycles. The molecule has 120 valence electrons. The minimum atomic E-state index is -0.430. The first-order valence-corrected chi connectivity index (χ1v) is 7.19. The number of amides is 2. The molecule has 0 aliphatic rings. The second-order valence-electron chi connectivity index (χ2n) is 4.02. The molecule has 0 radical (unpaired) electrons. The Morgan fingerprint density at radius 1 is 1.14 bits per heavy atom. The maximum absolute atomic E-state index is 12.1. The Bertz CT molecular complexity index is 537. The predicted molar refractivity (Wildman–Crippen MR) is 85.4 cm³/mol. The van der Waals surface area contributed by atoms with Crippen LogP contribution in [0.3, 0.4) is 0 Å². The van der Waals surface area contributed by atoms with Gasteiger partial charge in [0.2, 0.25) is 0 Å². The molecule has 1 aromatic rings. The molecule has 0 saturated heterocycles. The number of hydrogen-bond donors (Lipinski definition) is 3. The van der Waals surface area contributed by atoms with Gasteiger partial charge in [-0.2, -0.15) is 0 Å². The number of hydrazine groups is 1. The summed E-state index contributed by atoms with van der Waals surface area (Å²) >= 11 is 4.93. The zero-order chi connectivity index (χ0) is 16.4. The van der Waals surface area contributed by atoms with Gasteiger partial charge in [0.05, 0.1) is 12.2 Å². The number of benzene rings is 1. The van der Waals surface area contributed by atoms with Gasteiger partial charge in [-0.05, 0) is 38.2 Å². The van der Waals surface area contributed by atoms with Crippen LogP contribution in [0, 0.1) is 0 Å². The van der Waals surface area contributed by atoms with Gasteiger partial charge in [-0.1, -0.05) is 12.1 Å². The monoisotopic (exact) mass is 325 g/mol. The molecule has 2 amide bonds. The summed E-state index contributed by atoms with van der Waals surface area (Å²) in [6.07, 6.45) is 0. The Labute approximate surface area is 134 Å². The number of hydrogen-bond acceptors (Lipinski definition) is 5. The molecule has 0 bridgehead atoms. The molecule has 1 aromatic carbocycles. The zero-order valence-electron chi connectivity index (χ0n) is 12.5. The average molecular weight is 325 g/mol. The van der Waals surface area contributed by atoms with E-state index >= 15 is 0 Å². The summed E-state index contributed by atoms with van der Waals surface area (Å²) in [6, 6.07) is 6.80. The molecular formula is C14H19N3O4S. The molecule has 22 heavy (non-hydrogen) atoms. The predicted octanol–water partition coefficient (Wildman–Crippen LogP) is 0.757. The van der Waals surface area contributed by atoms with Crippen molar-refractivity contribution in [1.29, 1.82) is 0 Å². The van der Waals surface area contributed by atoms with Crippen LogP contribution in [0.5, 0.6) is 5.75 Å². The summed E-state index contributed by atoms with van der Waals surface area (Å²) in [5.41, 5.74) is 5.09. The van der Waals surface area contributed by atoms with Crippen LogP contribution in [-0.4, -0.2) is 36.7 Å². The van der Waals surface area contributed by atoms with E-state index in [9.17, 15) is 9.59 Å². The van der Waals surface area contributed by atoms with Crippen molar-refractivity contribution in [1.82, 2.24) is 16.2 Å². The lowest BCUT2D eigenvalue weighted by Crippen LogP contribution is -2.49. The van der Waals surface area contributed by atoms with Crippen molar-refractivity contribution in [2.75, 3.05) is 19.8 Å². The van der Waals surface area contributed by atoms with Crippen molar-refractivity contribution in [3.8, 4) is 5.75 Å². The fraction of sp³-hybridized carbons (Fsp3) is 0.357. The van der Waals surface area contributed by atoms with Gasteiger partial charge in [0.1, 0.15) is 12.4 Å². The van der Waals surface area contributed by atoms with Crippen molar-refractivity contribution in [3.63, 3.8) is 0 Å². The molecule has 7 nitrogen and oxygen atoms in total. The van der Waals surface area contributed by atoms with Gasteiger partial charge in [-0.3, -0.25) is 25.8 Å². The third-order valence-corrected chi connectivity index (χ3v) is 2.62. The van der Waals surface area contributed by atoms with E-state index in [0.29, 0.717) is 24.5 Å². The normalized spacial score (nSPS) is 9.73. The summed E-state index contributed by atoms with van der Waals surface area (Å²) in [7, 11) is 0. The summed E-state index contributed by atoms with van der Waals surface area (Å²) < 4.78 is 10.3. The number of nitrogens with one attached hydrogen (secondary N) is 3. The summed E-state index contributed by atoms with van der Waals surface area (Å²) in [4.78, 5) is 23.4. The molecular weight excluding hydrogens is 306 g/mol. The van der Waals surface area contributed by atoms with E-state index in [-0.39, 0.29) is 11.7 Å². The lowest BCUT2D eigenvalue weighted by Gasteiger charge is -2.12. The quantitative estimate of drug-likeness (QED) is 0.528. The fourth-order valence-corrected chi connectivity index (χ4v) is 1.64. The largest absolute Gasteiger partial charge is 0.493 e. The standard InChI is InChI=1S/C14H19N3O4S/c1-3-20-9-12(18)16-17-14(22)15-13(19)10-7-5-6-8-11(10)21-4-2/h5-8H,3-4,9H2,1-2H3,(H,16,18)(H2,15,17,19,22). The zero-order valence-corrected chi connectivity index (χ0v) is 13.3. The summed E-state index contributed by atoms with van der Waals surface area (Å²) in [5.74, 6) is -0.362. The van der Waals surface area contributed by atoms with E-state index in [4.69, 9.17) is 21.7 Å². The maximum Gasteiger partial charge on any atom is 0.264 e. The Kier molecular flexibility index (Phi) is 7.87. The van der Waals surface area contributed by atoms with Crippen LogP contribution in [0.1, 0.15) is 24.2 Å². The van der Waals surface area contributed by atoms with Gasteiger partial charge >= 0.3 is 0 Å². The molecule has 1 rings (SSSR count). The third-order valence-electron chi connectivity index (χ3n) is 2.41. The van der Waals surface area contributed by atoms with Crippen molar-refractivity contribution < 1.29 is 19.1 Å². The first-order chi connectivity index (χ1) is 10.6. The summed E-state index contributed by atoms with van der Waals surface area (Å²) in [6.45, 7) is 4.40. The molecule has 0 fully saturated rings. The summed E-state index contributed by atoms with van der Waals surface area (Å²) in [5, 5.41) is 2.43. The van der Waals surface area contributed by atoms with E-state index < -0.39 is 11.8 Å². The molecule has 0 heterocycles. The van der Waals surface area contributed by atoms with E-state index in [2.05, 4.69) is 16.2 Å². The highest BCUT2D eigenvalue weighted by Gasteiger charge is 2.13. The van der Waals surface area contributed by atoms with E-state index in [1.807, 2.05) is 6.92 Å². The number of carbonyl (C=O) groups is 2. The average Bonchev–Trinajstić information content (AvgIpc) is 2.51. The molecule has 0 unspecified atom stereocenters. The molecule has 3 N–H and O–H groups in total. The SMILES string of the molecule is CCOCC(=O)NNC(=S)NC(=O)c1ccccc1OCC. The third kappa shape index (κ3) is 6.06. The number of ether oxygens (including phenoxy) is 2. The highest BCUT2D eigenvalue weighted by Crippen LogP contribution is 2.17. The highest BCUT2D eigenvalue weighted by atomic mass is 32.1. The molecule has 0 aliphatic heterocycles. The van der Waals surface area contributed by atoms with Crippen LogP contribution in [-0.2, 0) is 9.53 Å². The Morgan fingerprint density at radius 3 is 2.55 bits per heavy atom. The van der Waals surface area contributed by atoms with E-state index in [0.717, 1.165) is 0 Å². The van der Waals surface area contributed by atoms with Crippen LogP contribution in [0.2, 0.25) is 0 Å². The molecule has 0 spiro atoms. The van der Waals surface area contributed by atoms with E-state index in [1.54, 1.807) is 31.2 Å². The lowest BCUT2D eigenvalue weighted by atomic mass is 10.2. The first-order valence-electron chi connectivity index (χ1n) is 6.78. The van der Waals surface area contributed by atoms with Crippen LogP contribution in [0.4, 0.5) is 0 Å². The van der Waals surface area contributed by atoms with Gasteiger partial charge < -0.3 is 9.47 Å². The van der Waals surface area contributed by atoms with Gasteiger partial charge in [0, 0.05) is 6.61 Å². The Hall–Kier alpha value is -2.19. The maximum atomic E-state index is 12.1. The smallest absolute Gasteiger partial charge is 0.264 e. The van der Waals surface area contributed by atoms with Crippen molar-refractivity contribution in [2.45, 2.75) is 13.8 Å². The molecule has 0 saturated carbocycles. The fourth-order valence-electron chi connectivity index (χ4n) is 1.49. The number of rotatable bonds is 6. The number of thiocarbonyl (C=S) groups is 1. The Morgan fingerprint density at radius 2 is 1.86 bits per heavy atom. The van der Waals surface area contributed by atoms with Crippen molar-refractivity contribution in [2.24, 2.45) is 0 Å². The second kappa shape index (κ2) is 9.69. The van der Waals surface area contributed by atoms with Crippen molar-refractivity contribution in [3.05, 3.63) is 29.8 Å². The Balaban J connectivity index is 2.51. The number of para-hydroxylation sites is 1. The van der Waals surface area contributed by atoms with Gasteiger partial charge in [0.25, 0.3) is 11.8 Å². The minimum absolute atomic E-state index is 0.0267. The van der Waals surface area contributed by atoms with Crippen LogP contribution < -0.4 is 20.9 Å². The van der Waals surface area contributed by atoms with Crippen LogP contribution in [0.15, 0.2) is 24.3 Å². The molecule has 0 aromatic heterocycles. The first kappa shape index (κ1) is 17.9. The topological polar surface area (TPSA) is 88.7 Å². The molecule has 0 atom stereocenters. The minimum Gasteiger partial charge on any atom is -0.493 e. The molecule has 8 heteroatoms. The lowest BCUT2D eigenvalue weighted by molar-refractivity contribution is -0.126. The van der Waals surface area contributed by atoms with Gasteiger partial charge in [0.15, 0.2) is 5.11 Å². The number of carbonyl (C=O) groups excluding carboxylic acids is 2. The van der Waals surface area contributed by atoms with E-state index in [1.165, 1.54) is 0 Å². The van der Waals surface area contributed by atoms with Gasteiger partial charge in [-0.15, -0.1) is 0 Å². The van der Waals surface area contributed by atoms with Crippen LogP contribution >= 0.6 is 12.2 Å². The highest BCUT2D eigenvalue weighted by molar-refractivity contribution is 7.80.